The Kier molecular flexibility index (Phi) is 6.18. The molecule has 3 nitrogen and oxygen atoms in total. The lowest BCUT2D eigenvalue weighted by atomic mass is 9.92. The Morgan fingerprint density at radius 2 is 0.898 bits per heavy atom. The lowest BCUT2D eigenvalue weighted by Gasteiger charge is -2.14. The summed E-state index contributed by atoms with van der Waals surface area (Å²) in [5.41, 5.74) is 10.5. The molecule has 10 aromatic rings. The van der Waals surface area contributed by atoms with Crippen LogP contribution in [0.5, 0.6) is 0 Å². The van der Waals surface area contributed by atoms with Gasteiger partial charge in [-0.2, -0.15) is 0 Å². The zero-order valence-corrected chi connectivity index (χ0v) is 26.6. The molecule has 0 bridgehead atoms. The van der Waals surface area contributed by atoms with E-state index in [-0.39, 0.29) is 0 Å². The molecule has 0 N–H and O–H groups in total. The van der Waals surface area contributed by atoms with Gasteiger partial charge in [-0.15, -0.1) is 0 Å². The van der Waals surface area contributed by atoms with Crippen molar-refractivity contribution in [2.45, 2.75) is 0 Å². The van der Waals surface area contributed by atoms with Crippen LogP contribution in [0.3, 0.4) is 0 Å². The summed E-state index contributed by atoms with van der Waals surface area (Å²) in [6.07, 6.45) is 7.44. The van der Waals surface area contributed by atoms with Gasteiger partial charge in [0.2, 0.25) is 0 Å². The largest absolute Gasteiger partial charge is 0.309 e. The van der Waals surface area contributed by atoms with E-state index in [1.54, 1.807) is 0 Å². The Morgan fingerprint density at radius 1 is 0.347 bits per heavy atom. The van der Waals surface area contributed by atoms with E-state index >= 15 is 0 Å². The monoisotopic (exact) mass is 623 g/mol. The summed E-state index contributed by atoms with van der Waals surface area (Å²) in [6, 6.07) is 55.2. The molecule has 0 aliphatic heterocycles. The van der Waals surface area contributed by atoms with Crippen molar-refractivity contribution in [3.8, 4) is 39.1 Å². The smallest absolute Gasteiger partial charge is 0.0632 e. The first-order valence-corrected chi connectivity index (χ1v) is 16.6. The van der Waals surface area contributed by atoms with Crippen molar-refractivity contribution in [1.29, 1.82) is 0 Å². The number of hydrogen-bond acceptors (Lipinski definition) is 2. The van der Waals surface area contributed by atoms with Crippen molar-refractivity contribution < 1.29 is 0 Å². The predicted molar refractivity (Wildman–Crippen MR) is 205 cm³/mol. The van der Waals surface area contributed by atoms with Gasteiger partial charge >= 0.3 is 0 Å². The maximum Gasteiger partial charge on any atom is 0.0632 e. The van der Waals surface area contributed by atoms with Gasteiger partial charge in [-0.05, 0) is 127 Å². The number of rotatable bonds is 4. The SMILES string of the molecule is c1ccc(-n2c3ccc(-c4cc(-c5ccncc5)cc(-c5ccncc5)c4)cc3c3c4ccccc4c4ccc5ccccc5c4c32)cc1. The molecule has 3 aromatic heterocycles. The summed E-state index contributed by atoms with van der Waals surface area (Å²) in [5.74, 6) is 0. The van der Waals surface area contributed by atoms with Crippen molar-refractivity contribution in [3.63, 3.8) is 0 Å². The molecule has 49 heavy (non-hydrogen) atoms. The van der Waals surface area contributed by atoms with Crippen LogP contribution in [0.15, 0.2) is 176 Å². The number of hydrogen-bond donors (Lipinski definition) is 0. The summed E-state index contributed by atoms with van der Waals surface area (Å²) in [6.45, 7) is 0. The first-order valence-electron chi connectivity index (χ1n) is 16.6. The van der Waals surface area contributed by atoms with Crippen LogP contribution in [-0.4, -0.2) is 14.5 Å². The fraction of sp³-hybridized carbons (Fsp3) is 0. The van der Waals surface area contributed by atoms with E-state index in [4.69, 9.17) is 0 Å². The second kappa shape index (κ2) is 11.0. The highest BCUT2D eigenvalue weighted by atomic mass is 15.0. The van der Waals surface area contributed by atoms with Gasteiger partial charge in [-0.25, -0.2) is 0 Å². The van der Waals surface area contributed by atoms with Crippen LogP contribution in [0.25, 0.3) is 93.2 Å². The molecule has 7 aromatic carbocycles. The van der Waals surface area contributed by atoms with Crippen molar-refractivity contribution in [2.75, 3.05) is 0 Å². The van der Waals surface area contributed by atoms with E-state index < -0.39 is 0 Å². The third-order valence-electron chi connectivity index (χ3n) is 9.93. The average molecular weight is 624 g/mol. The van der Waals surface area contributed by atoms with Crippen LogP contribution in [0, 0.1) is 0 Å². The molecule has 0 unspecified atom stereocenters. The van der Waals surface area contributed by atoms with Gasteiger partial charge in [-0.1, -0.05) is 84.9 Å². The fourth-order valence-corrected chi connectivity index (χ4v) is 7.73. The van der Waals surface area contributed by atoms with Crippen LogP contribution < -0.4 is 0 Å². The van der Waals surface area contributed by atoms with Gasteiger partial charge in [0.25, 0.3) is 0 Å². The molecule has 10 rings (SSSR count). The lowest BCUT2D eigenvalue weighted by Crippen LogP contribution is -1.95. The Hall–Kier alpha value is -6.58. The molecule has 0 saturated carbocycles. The van der Waals surface area contributed by atoms with Crippen molar-refractivity contribution in [2.24, 2.45) is 0 Å². The second-order valence-corrected chi connectivity index (χ2v) is 12.7. The molecule has 0 amide bonds. The number of aromatic nitrogens is 3. The molecular formula is C46H29N3. The summed E-state index contributed by atoms with van der Waals surface area (Å²) in [4.78, 5) is 8.55. The van der Waals surface area contributed by atoms with Gasteiger partial charge in [0, 0.05) is 46.6 Å². The van der Waals surface area contributed by atoms with Crippen molar-refractivity contribution in [3.05, 3.63) is 176 Å². The zero-order chi connectivity index (χ0) is 32.3. The molecule has 0 radical (unpaired) electrons. The van der Waals surface area contributed by atoms with Crippen LogP contribution >= 0.6 is 0 Å². The van der Waals surface area contributed by atoms with Crippen molar-refractivity contribution >= 4 is 54.1 Å². The highest BCUT2D eigenvalue weighted by Gasteiger charge is 2.21. The first-order chi connectivity index (χ1) is 24.3. The molecule has 0 fully saturated rings. The number of pyridine rings is 2. The third kappa shape index (κ3) is 4.37. The second-order valence-electron chi connectivity index (χ2n) is 12.7. The topological polar surface area (TPSA) is 30.7 Å². The summed E-state index contributed by atoms with van der Waals surface area (Å²) in [5, 5.41) is 10.1. The van der Waals surface area contributed by atoms with E-state index in [0.717, 1.165) is 27.9 Å². The summed E-state index contributed by atoms with van der Waals surface area (Å²) >= 11 is 0. The number of benzene rings is 7. The van der Waals surface area contributed by atoms with Gasteiger partial charge < -0.3 is 4.57 Å². The van der Waals surface area contributed by atoms with E-state index in [2.05, 4.69) is 166 Å². The fourth-order valence-electron chi connectivity index (χ4n) is 7.73. The highest BCUT2D eigenvalue weighted by molar-refractivity contribution is 6.36. The Morgan fingerprint density at radius 3 is 1.59 bits per heavy atom. The molecule has 0 atom stereocenters. The lowest BCUT2D eigenvalue weighted by molar-refractivity contribution is 1.19. The summed E-state index contributed by atoms with van der Waals surface area (Å²) < 4.78 is 2.48. The van der Waals surface area contributed by atoms with E-state index in [1.165, 1.54) is 65.3 Å². The van der Waals surface area contributed by atoms with E-state index in [1.807, 2.05) is 24.8 Å². The first kappa shape index (κ1) is 27.5. The molecule has 228 valence electrons. The molecule has 3 heteroatoms. The Balaban J connectivity index is 1.35. The number of nitrogens with zero attached hydrogens (tertiary/aromatic N) is 3. The minimum Gasteiger partial charge on any atom is -0.309 e. The molecule has 0 aliphatic rings. The third-order valence-corrected chi connectivity index (χ3v) is 9.93. The Bertz CT molecular complexity index is 2800. The number of para-hydroxylation sites is 1. The molecule has 0 spiro atoms. The highest BCUT2D eigenvalue weighted by Crippen LogP contribution is 2.45. The Labute approximate surface area is 283 Å². The van der Waals surface area contributed by atoms with Gasteiger partial charge in [0.1, 0.15) is 0 Å². The average Bonchev–Trinajstić information content (AvgIpc) is 3.53. The van der Waals surface area contributed by atoms with Gasteiger partial charge in [-0.3, -0.25) is 9.97 Å². The van der Waals surface area contributed by atoms with Crippen LogP contribution in [0.4, 0.5) is 0 Å². The number of fused-ring (bicyclic) bond motifs is 10. The van der Waals surface area contributed by atoms with Crippen molar-refractivity contribution in [1.82, 2.24) is 14.5 Å². The van der Waals surface area contributed by atoms with E-state index in [0.29, 0.717) is 0 Å². The van der Waals surface area contributed by atoms with Gasteiger partial charge in [0.05, 0.1) is 11.0 Å². The molecule has 0 saturated heterocycles. The standard InChI is InChI=1S/C46H29N3/c1-2-9-37(10-3-1)49-43-17-15-33(36-27-34(30-18-22-47-23-19-30)26-35(28-36)31-20-24-48-25-21-31)29-42(43)45-40-13-7-6-12-39(40)41-16-14-32-8-4-5-11-38(32)44(41)46(45)49/h1-29H. The quantitative estimate of drug-likeness (QED) is 0.183. The maximum atomic E-state index is 4.28. The summed E-state index contributed by atoms with van der Waals surface area (Å²) in [7, 11) is 0. The van der Waals surface area contributed by atoms with Gasteiger partial charge in [0.15, 0.2) is 0 Å². The van der Waals surface area contributed by atoms with Crippen LogP contribution in [-0.2, 0) is 0 Å². The maximum absolute atomic E-state index is 4.28. The zero-order valence-electron chi connectivity index (χ0n) is 26.6. The molecule has 3 heterocycles. The normalized spacial score (nSPS) is 11.7. The van der Waals surface area contributed by atoms with Crippen LogP contribution in [0.1, 0.15) is 0 Å². The van der Waals surface area contributed by atoms with Crippen LogP contribution in [0.2, 0.25) is 0 Å². The minimum absolute atomic E-state index is 1.14. The minimum atomic E-state index is 1.14. The molecular weight excluding hydrogens is 595 g/mol. The molecule has 0 aliphatic carbocycles. The van der Waals surface area contributed by atoms with E-state index in [9.17, 15) is 0 Å². The predicted octanol–water partition coefficient (Wildman–Crippen LogP) is 12.0.